The predicted molar refractivity (Wildman–Crippen MR) is 51.1 cm³/mol. The Morgan fingerprint density at radius 1 is 1.64 bits per heavy atom. The lowest BCUT2D eigenvalue weighted by Gasteiger charge is -1.96. The van der Waals surface area contributed by atoms with Crippen LogP contribution in [0.4, 0.5) is 0 Å². The summed E-state index contributed by atoms with van der Waals surface area (Å²) in [4.78, 5) is 14.2. The monoisotopic (exact) mass is 193 g/mol. The molecule has 0 saturated heterocycles. The normalized spacial score (nSPS) is 11.0. The zero-order chi connectivity index (χ0) is 10.1. The van der Waals surface area contributed by atoms with Crippen molar-refractivity contribution in [1.82, 2.24) is 14.6 Å². The van der Waals surface area contributed by atoms with E-state index >= 15 is 0 Å². The number of aromatic amines is 1. The summed E-state index contributed by atoms with van der Waals surface area (Å²) in [5.74, 6) is 0. The molecule has 0 unspecified atom stereocenters. The van der Waals surface area contributed by atoms with Crippen molar-refractivity contribution in [3.05, 3.63) is 34.0 Å². The van der Waals surface area contributed by atoms with Crippen LogP contribution in [0.25, 0.3) is 5.52 Å². The van der Waals surface area contributed by atoms with Crippen LogP contribution in [0.1, 0.15) is 18.3 Å². The van der Waals surface area contributed by atoms with E-state index in [1.807, 2.05) is 6.92 Å². The van der Waals surface area contributed by atoms with Crippen LogP contribution in [0, 0.1) is 0 Å². The van der Waals surface area contributed by atoms with Gasteiger partial charge in [0.2, 0.25) is 0 Å². The fourth-order valence-corrected chi connectivity index (χ4v) is 1.36. The highest BCUT2D eigenvalue weighted by Crippen LogP contribution is 2.02. The quantitative estimate of drug-likeness (QED) is 0.709. The molecule has 2 heterocycles. The molecule has 5 nitrogen and oxygen atoms in total. The van der Waals surface area contributed by atoms with Crippen LogP contribution in [0.5, 0.6) is 0 Å². The molecule has 0 aliphatic carbocycles. The molecular formula is C9H11N3O2. The van der Waals surface area contributed by atoms with Gasteiger partial charge in [-0.15, -0.1) is 0 Å². The van der Waals surface area contributed by atoms with Crippen molar-refractivity contribution in [2.75, 3.05) is 0 Å². The lowest BCUT2D eigenvalue weighted by molar-refractivity contribution is 0.276. The summed E-state index contributed by atoms with van der Waals surface area (Å²) in [6, 6.07) is 1.58. The minimum Gasteiger partial charge on any atom is -0.390 e. The van der Waals surface area contributed by atoms with E-state index in [-0.39, 0.29) is 12.2 Å². The van der Waals surface area contributed by atoms with Gasteiger partial charge in [-0.25, -0.2) is 4.52 Å². The number of aryl methyl sites for hydroxylation is 1. The number of aromatic nitrogens is 3. The smallest absolute Gasteiger partial charge is 0.274 e. The lowest BCUT2D eigenvalue weighted by Crippen LogP contribution is -2.12. The molecule has 0 amide bonds. The molecule has 0 aliphatic heterocycles. The topological polar surface area (TPSA) is 70.4 Å². The van der Waals surface area contributed by atoms with Crippen LogP contribution in [-0.4, -0.2) is 19.7 Å². The molecule has 74 valence electrons. The summed E-state index contributed by atoms with van der Waals surface area (Å²) in [6.45, 7) is 1.80. The first-order valence-corrected chi connectivity index (χ1v) is 4.46. The molecule has 0 aromatic carbocycles. The maximum absolute atomic E-state index is 11.5. The second kappa shape index (κ2) is 3.26. The summed E-state index contributed by atoms with van der Waals surface area (Å²) in [5, 5.41) is 12.9. The van der Waals surface area contributed by atoms with E-state index in [1.54, 1.807) is 12.3 Å². The lowest BCUT2D eigenvalue weighted by atomic mass is 10.3. The molecule has 2 N–H and O–H groups in total. The number of aliphatic hydroxyl groups is 1. The van der Waals surface area contributed by atoms with E-state index in [0.29, 0.717) is 11.2 Å². The number of H-pyrrole nitrogens is 1. The minimum absolute atomic E-state index is 0.150. The molecule has 14 heavy (non-hydrogen) atoms. The van der Waals surface area contributed by atoms with Gasteiger partial charge >= 0.3 is 0 Å². The van der Waals surface area contributed by atoms with Gasteiger partial charge < -0.3 is 10.1 Å². The Morgan fingerprint density at radius 3 is 3.07 bits per heavy atom. The largest absolute Gasteiger partial charge is 0.390 e. The van der Waals surface area contributed by atoms with Crippen molar-refractivity contribution in [1.29, 1.82) is 0 Å². The van der Waals surface area contributed by atoms with Gasteiger partial charge in [0.15, 0.2) is 0 Å². The number of nitrogens with one attached hydrogen (secondary N) is 1. The van der Waals surface area contributed by atoms with E-state index in [0.717, 1.165) is 12.1 Å². The Bertz CT molecular complexity index is 512. The second-order valence-electron chi connectivity index (χ2n) is 3.09. The van der Waals surface area contributed by atoms with E-state index in [4.69, 9.17) is 5.11 Å². The van der Waals surface area contributed by atoms with Crippen LogP contribution >= 0.6 is 0 Å². The SMILES string of the molecule is CCc1cn2nc(CO)cc2c(=O)[nH]1. The molecule has 0 fully saturated rings. The minimum atomic E-state index is -0.170. The molecule has 2 rings (SSSR count). The number of rotatable bonds is 2. The van der Waals surface area contributed by atoms with Crippen molar-refractivity contribution in [3.63, 3.8) is 0 Å². The summed E-state index contributed by atoms with van der Waals surface area (Å²) in [7, 11) is 0. The number of hydrogen-bond donors (Lipinski definition) is 2. The number of aliphatic hydroxyl groups excluding tert-OH is 1. The van der Waals surface area contributed by atoms with Gasteiger partial charge in [-0.3, -0.25) is 4.79 Å². The number of hydrogen-bond acceptors (Lipinski definition) is 3. The summed E-state index contributed by atoms with van der Waals surface area (Å²) >= 11 is 0. The van der Waals surface area contributed by atoms with E-state index in [1.165, 1.54) is 4.52 Å². The number of fused-ring (bicyclic) bond motifs is 1. The first kappa shape index (κ1) is 8.96. The fourth-order valence-electron chi connectivity index (χ4n) is 1.36. The van der Waals surface area contributed by atoms with E-state index in [9.17, 15) is 4.79 Å². The highest BCUT2D eigenvalue weighted by Gasteiger charge is 2.04. The molecule has 0 radical (unpaired) electrons. The molecule has 2 aromatic heterocycles. The van der Waals surface area contributed by atoms with Crippen molar-refractivity contribution in [2.45, 2.75) is 20.0 Å². The van der Waals surface area contributed by atoms with E-state index in [2.05, 4.69) is 10.1 Å². The Hall–Kier alpha value is -1.62. The van der Waals surface area contributed by atoms with Crippen molar-refractivity contribution in [2.24, 2.45) is 0 Å². The fraction of sp³-hybridized carbons (Fsp3) is 0.333. The third-order valence-electron chi connectivity index (χ3n) is 2.11. The molecule has 0 saturated carbocycles. The predicted octanol–water partition coefficient (Wildman–Crippen LogP) is 0.0773. The summed E-state index contributed by atoms with van der Waals surface area (Å²) < 4.78 is 1.50. The number of nitrogens with zero attached hydrogens (tertiary/aromatic N) is 2. The maximum atomic E-state index is 11.5. The van der Waals surface area contributed by atoms with Gasteiger partial charge in [0, 0.05) is 11.9 Å². The van der Waals surface area contributed by atoms with Crippen LogP contribution < -0.4 is 5.56 Å². The Morgan fingerprint density at radius 2 is 2.43 bits per heavy atom. The Labute approximate surface area is 80.0 Å². The van der Waals surface area contributed by atoms with Gasteiger partial charge in [-0.05, 0) is 12.5 Å². The van der Waals surface area contributed by atoms with Gasteiger partial charge in [-0.1, -0.05) is 6.92 Å². The van der Waals surface area contributed by atoms with Crippen molar-refractivity contribution in [3.8, 4) is 0 Å². The van der Waals surface area contributed by atoms with Crippen LogP contribution in [0.2, 0.25) is 0 Å². The highest BCUT2D eigenvalue weighted by atomic mass is 16.3. The maximum Gasteiger partial charge on any atom is 0.274 e. The van der Waals surface area contributed by atoms with Gasteiger partial charge in [0.25, 0.3) is 5.56 Å². The van der Waals surface area contributed by atoms with Crippen LogP contribution in [0.15, 0.2) is 17.1 Å². The van der Waals surface area contributed by atoms with Crippen molar-refractivity contribution < 1.29 is 5.11 Å². The average molecular weight is 193 g/mol. The second-order valence-corrected chi connectivity index (χ2v) is 3.09. The van der Waals surface area contributed by atoms with Crippen molar-refractivity contribution >= 4 is 5.52 Å². The molecule has 0 atom stereocenters. The third-order valence-corrected chi connectivity index (χ3v) is 2.11. The Balaban J connectivity index is 2.73. The molecule has 0 aliphatic rings. The summed E-state index contributed by atoms with van der Waals surface area (Å²) in [6.07, 6.45) is 2.51. The van der Waals surface area contributed by atoms with Gasteiger partial charge in [0.05, 0.1) is 12.3 Å². The molecule has 2 aromatic rings. The zero-order valence-corrected chi connectivity index (χ0v) is 7.82. The van der Waals surface area contributed by atoms with E-state index < -0.39 is 0 Å². The molecule has 0 spiro atoms. The first-order chi connectivity index (χ1) is 6.74. The van der Waals surface area contributed by atoms with Gasteiger partial charge in [-0.2, -0.15) is 5.10 Å². The van der Waals surface area contributed by atoms with Crippen LogP contribution in [0.3, 0.4) is 0 Å². The third kappa shape index (κ3) is 1.31. The van der Waals surface area contributed by atoms with Crippen LogP contribution in [-0.2, 0) is 13.0 Å². The highest BCUT2D eigenvalue weighted by molar-refractivity contribution is 5.45. The molecule has 5 heteroatoms. The molecule has 0 bridgehead atoms. The molecular weight excluding hydrogens is 182 g/mol. The van der Waals surface area contributed by atoms with Gasteiger partial charge in [0.1, 0.15) is 5.52 Å². The zero-order valence-electron chi connectivity index (χ0n) is 7.82. The summed E-state index contributed by atoms with van der Waals surface area (Å²) in [5.41, 5.74) is 1.63. The first-order valence-electron chi connectivity index (χ1n) is 4.46. The Kier molecular flexibility index (Phi) is 2.09. The average Bonchev–Trinajstić information content (AvgIpc) is 2.61. The standard InChI is InChI=1S/C9H11N3O2/c1-2-6-4-12-8(9(14)10-6)3-7(5-13)11-12/h3-4,13H,2,5H2,1H3,(H,10,14).